The standard InChI is InChI=1S/C16H20N2O3/c1-10-5-14(10)18-9-12(8-16(18)21)17-15(20)7-11-3-2-4-13(19)6-11/h2-4,6,10,12,14,19H,5,7-9H2,1H3,(H,17,20)/t10-,12+,14-/m1/s1. The van der Waals surface area contributed by atoms with E-state index in [0.717, 1.165) is 12.0 Å². The van der Waals surface area contributed by atoms with Crippen LogP contribution in [-0.2, 0) is 16.0 Å². The molecule has 0 bridgehead atoms. The maximum Gasteiger partial charge on any atom is 0.225 e. The van der Waals surface area contributed by atoms with Crippen molar-refractivity contribution in [2.45, 2.75) is 38.3 Å². The molecule has 5 nitrogen and oxygen atoms in total. The number of carbonyl (C=O) groups excluding carboxylic acids is 2. The second-order valence-corrected chi connectivity index (χ2v) is 6.14. The number of benzene rings is 1. The number of phenols is 1. The highest BCUT2D eigenvalue weighted by molar-refractivity contribution is 5.83. The maximum atomic E-state index is 12.0. The van der Waals surface area contributed by atoms with Crippen molar-refractivity contribution in [1.29, 1.82) is 0 Å². The number of amides is 2. The zero-order valence-electron chi connectivity index (χ0n) is 12.1. The molecule has 1 heterocycles. The van der Waals surface area contributed by atoms with Gasteiger partial charge in [-0.1, -0.05) is 19.1 Å². The highest BCUT2D eigenvalue weighted by Gasteiger charge is 2.44. The highest BCUT2D eigenvalue weighted by Crippen LogP contribution is 2.37. The molecule has 5 heteroatoms. The van der Waals surface area contributed by atoms with E-state index in [1.807, 2.05) is 4.90 Å². The SMILES string of the molecule is C[C@@H]1C[C@H]1N1C[C@@H](NC(=O)Cc2cccc(O)c2)CC1=O. The normalized spacial score (nSPS) is 27.8. The van der Waals surface area contributed by atoms with Crippen LogP contribution in [0.15, 0.2) is 24.3 Å². The topological polar surface area (TPSA) is 69.6 Å². The first-order chi connectivity index (χ1) is 10.0. The Labute approximate surface area is 123 Å². The van der Waals surface area contributed by atoms with Crippen LogP contribution < -0.4 is 5.32 Å². The molecular weight excluding hydrogens is 268 g/mol. The summed E-state index contributed by atoms with van der Waals surface area (Å²) in [6, 6.07) is 6.97. The highest BCUT2D eigenvalue weighted by atomic mass is 16.3. The molecule has 2 N–H and O–H groups in total. The van der Waals surface area contributed by atoms with Crippen molar-refractivity contribution in [3.05, 3.63) is 29.8 Å². The van der Waals surface area contributed by atoms with Crippen molar-refractivity contribution in [1.82, 2.24) is 10.2 Å². The quantitative estimate of drug-likeness (QED) is 0.870. The molecule has 0 spiro atoms. The molecule has 112 valence electrons. The molecule has 1 saturated carbocycles. The molecule has 1 saturated heterocycles. The summed E-state index contributed by atoms with van der Waals surface area (Å²) in [7, 11) is 0. The summed E-state index contributed by atoms with van der Waals surface area (Å²) in [5, 5.41) is 12.3. The van der Waals surface area contributed by atoms with Crippen LogP contribution in [0.3, 0.4) is 0 Å². The Morgan fingerprint density at radius 3 is 2.90 bits per heavy atom. The van der Waals surface area contributed by atoms with Crippen LogP contribution in [0.4, 0.5) is 0 Å². The molecule has 3 atom stereocenters. The van der Waals surface area contributed by atoms with Crippen molar-refractivity contribution in [3.63, 3.8) is 0 Å². The predicted octanol–water partition coefficient (Wildman–Crippen LogP) is 1.06. The summed E-state index contributed by atoms with van der Waals surface area (Å²) < 4.78 is 0. The molecular formula is C16H20N2O3. The van der Waals surface area contributed by atoms with Gasteiger partial charge in [-0.3, -0.25) is 9.59 Å². The van der Waals surface area contributed by atoms with Gasteiger partial charge in [0.25, 0.3) is 0 Å². The lowest BCUT2D eigenvalue weighted by molar-refractivity contribution is -0.128. The lowest BCUT2D eigenvalue weighted by atomic mass is 10.1. The number of nitrogens with zero attached hydrogens (tertiary/aromatic N) is 1. The monoisotopic (exact) mass is 288 g/mol. The number of carbonyl (C=O) groups is 2. The minimum absolute atomic E-state index is 0.0879. The maximum absolute atomic E-state index is 12.0. The molecule has 1 aliphatic carbocycles. The van der Waals surface area contributed by atoms with Gasteiger partial charge in [-0.25, -0.2) is 0 Å². The molecule has 21 heavy (non-hydrogen) atoms. The number of likely N-dealkylation sites (tertiary alicyclic amines) is 1. The van der Waals surface area contributed by atoms with Crippen LogP contribution in [0.2, 0.25) is 0 Å². The molecule has 0 radical (unpaired) electrons. The van der Waals surface area contributed by atoms with Gasteiger partial charge >= 0.3 is 0 Å². The summed E-state index contributed by atoms with van der Waals surface area (Å²) in [6.07, 6.45) is 1.70. The van der Waals surface area contributed by atoms with E-state index < -0.39 is 0 Å². The Kier molecular flexibility index (Phi) is 3.57. The fourth-order valence-electron chi connectivity index (χ4n) is 3.02. The third kappa shape index (κ3) is 3.17. The Morgan fingerprint density at radius 1 is 1.48 bits per heavy atom. The first-order valence-corrected chi connectivity index (χ1v) is 7.39. The number of phenolic OH excluding ortho intramolecular Hbond substituents is 1. The van der Waals surface area contributed by atoms with E-state index in [1.54, 1.807) is 24.3 Å². The molecule has 2 aliphatic rings. The van der Waals surface area contributed by atoms with Gasteiger partial charge in [0.05, 0.1) is 12.5 Å². The zero-order valence-corrected chi connectivity index (χ0v) is 12.1. The molecule has 2 amide bonds. The number of aromatic hydroxyl groups is 1. The second-order valence-electron chi connectivity index (χ2n) is 6.14. The summed E-state index contributed by atoms with van der Waals surface area (Å²) in [5.74, 6) is 0.789. The predicted molar refractivity (Wildman–Crippen MR) is 77.6 cm³/mol. The van der Waals surface area contributed by atoms with E-state index in [2.05, 4.69) is 12.2 Å². The summed E-state index contributed by atoms with van der Waals surface area (Å²) in [4.78, 5) is 25.9. The molecule has 0 unspecified atom stereocenters. The van der Waals surface area contributed by atoms with Gasteiger partial charge in [0.15, 0.2) is 0 Å². The van der Waals surface area contributed by atoms with Crippen LogP contribution in [0, 0.1) is 5.92 Å². The number of hydrogen-bond acceptors (Lipinski definition) is 3. The minimum atomic E-state index is -0.107. The van der Waals surface area contributed by atoms with Gasteiger partial charge in [0.2, 0.25) is 11.8 Å². The number of rotatable bonds is 4. The van der Waals surface area contributed by atoms with Crippen molar-refractivity contribution < 1.29 is 14.7 Å². The molecule has 1 aromatic rings. The summed E-state index contributed by atoms with van der Waals surface area (Å²) >= 11 is 0. The Morgan fingerprint density at radius 2 is 2.24 bits per heavy atom. The fourth-order valence-corrected chi connectivity index (χ4v) is 3.02. The smallest absolute Gasteiger partial charge is 0.225 e. The summed E-state index contributed by atoms with van der Waals surface area (Å²) in [5.41, 5.74) is 0.768. The van der Waals surface area contributed by atoms with E-state index in [9.17, 15) is 14.7 Å². The third-order valence-electron chi connectivity index (χ3n) is 4.27. The van der Waals surface area contributed by atoms with Crippen molar-refractivity contribution in [2.24, 2.45) is 5.92 Å². The molecule has 1 aliphatic heterocycles. The molecule has 0 aromatic heterocycles. The van der Waals surface area contributed by atoms with Gasteiger partial charge in [-0.15, -0.1) is 0 Å². The largest absolute Gasteiger partial charge is 0.508 e. The average molecular weight is 288 g/mol. The first-order valence-electron chi connectivity index (χ1n) is 7.39. The van der Waals surface area contributed by atoms with E-state index in [0.29, 0.717) is 24.9 Å². The number of hydrogen-bond donors (Lipinski definition) is 2. The van der Waals surface area contributed by atoms with E-state index in [4.69, 9.17) is 0 Å². The fraction of sp³-hybridized carbons (Fsp3) is 0.500. The Balaban J connectivity index is 1.52. The third-order valence-corrected chi connectivity index (χ3v) is 4.27. The molecule has 1 aromatic carbocycles. The first kappa shape index (κ1) is 13.9. The van der Waals surface area contributed by atoms with Crippen molar-refractivity contribution in [2.75, 3.05) is 6.54 Å². The van der Waals surface area contributed by atoms with Gasteiger partial charge in [-0.2, -0.15) is 0 Å². The van der Waals surface area contributed by atoms with Gasteiger partial charge in [0, 0.05) is 19.0 Å². The lowest BCUT2D eigenvalue weighted by Gasteiger charge is -2.17. The second kappa shape index (κ2) is 5.39. The van der Waals surface area contributed by atoms with E-state index in [1.165, 1.54) is 0 Å². The van der Waals surface area contributed by atoms with Crippen LogP contribution in [-0.4, -0.2) is 40.4 Å². The van der Waals surface area contributed by atoms with Crippen LogP contribution in [0.25, 0.3) is 0 Å². The Hall–Kier alpha value is -2.04. The average Bonchev–Trinajstić information content (AvgIpc) is 3.01. The van der Waals surface area contributed by atoms with Crippen LogP contribution in [0.5, 0.6) is 5.75 Å². The van der Waals surface area contributed by atoms with Gasteiger partial charge < -0.3 is 15.3 Å². The molecule has 2 fully saturated rings. The van der Waals surface area contributed by atoms with Crippen LogP contribution >= 0.6 is 0 Å². The summed E-state index contributed by atoms with van der Waals surface area (Å²) in [6.45, 7) is 2.77. The molecule has 3 rings (SSSR count). The Bertz CT molecular complexity index is 572. The lowest BCUT2D eigenvalue weighted by Crippen LogP contribution is -2.38. The minimum Gasteiger partial charge on any atom is -0.508 e. The zero-order chi connectivity index (χ0) is 15.0. The van der Waals surface area contributed by atoms with Gasteiger partial charge in [0.1, 0.15) is 5.75 Å². The van der Waals surface area contributed by atoms with Crippen molar-refractivity contribution in [3.8, 4) is 5.75 Å². The van der Waals surface area contributed by atoms with E-state index in [-0.39, 0.29) is 30.0 Å². The number of nitrogens with one attached hydrogen (secondary N) is 1. The van der Waals surface area contributed by atoms with E-state index >= 15 is 0 Å². The van der Waals surface area contributed by atoms with Crippen LogP contribution in [0.1, 0.15) is 25.3 Å². The van der Waals surface area contributed by atoms with Gasteiger partial charge in [-0.05, 0) is 30.0 Å². The van der Waals surface area contributed by atoms with Crippen molar-refractivity contribution >= 4 is 11.8 Å².